The second-order valence-electron chi connectivity index (χ2n) is 7.39. The van der Waals surface area contributed by atoms with Crippen LogP contribution < -0.4 is 10.1 Å². The second kappa shape index (κ2) is 9.55. The highest BCUT2D eigenvalue weighted by Gasteiger charge is 2.17. The Morgan fingerprint density at radius 3 is 2.94 bits per heavy atom. The maximum absolute atomic E-state index is 14.4. The zero-order chi connectivity index (χ0) is 21.6. The van der Waals surface area contributed by atoms with Crippen LogP contribution in [-0.2, 0) is 17.8 Å². The number of amides is 1. The molecule has 0 bridgehead atoms. The number of nitrogens with zero attached hydrogens (tertiary/aromatic N) is 3. The van der Waals surface area contributed by atoms with Gasteiger partial charge in [-0.3, -0.25) is 4.79 Å². The fourth-order valence-corrected chi connectivity index (χ4v) is 3.70. The van der Waals surface area contributed by atoms with Gasteiger partial charge < -0.3 is 14.6 Å². The van der Waals surface area contributed by atoms with E-state index < -0.39 is 11.7 Å². The SMILES string of the molecule is CCOc1ccccc1/C=C/C(=O)Nc1cc(-c2nnc3n2CCCCC3)ccc1F. The van der Waals surface area contributed by atoms with Crippen LogP contribution in [0, 0.1) is 5.82 Å². The summed E-state index contributed by atoms with van der Waals surface area (Å²) in [5.74, 6) is 1.42. The molecular weight excluding hydrogens is 395 g/mol. The molecule has 6 nitrogen and oxygen atoms in total. The number of halogens is 1. The highest BCUT2D eigenvalue weighted by molar-refractivity contribution is 6.02. The van der Waals surface area contributed by atoms with Gasteiger partial charge in [-0.2, -0.15) is 0 Å². The van der Waals surface area contributed by atoms with E-state index in [1.54, 1.807) is 18.2 Å². The van der Waals surface area contributed by atoms with Crippen molar-refractivity contribution in [1.82, 2.24) is 14.8 Å². The standard InChI is InChI=1S/C24H25FN4O2/c1-2-31-21-9-6-5-8-17(21)12-14-23(30)26-20-16-18(11-13-19(20)25)24-28-27-22-10-4-3-7-15-29(22)24/h5-6,8-9,11-14,16H,2-4,7,10,15H2,1H3,(H,26,30)/b14-12+. The Balaban J connectivity index is 1.53. The molecule has 7 heteroatoms. The fourth-order valence-electron chi connectivity index (χ4n) is 3.70. The molecule has 2 aromatic carbocycles. The van der Waals surface area contributed by atoms with Gasteiger partial charge in [-0.15, -0.1) is 10.2 Å². The van der Waals surface area contributed by atoms with Gasteiger partial charge in [0.05, 0.1) is 12.3 Å². The summed E-state index contributed by atoms with van der Waals surface area (Å²) in [4.78, 5) is 12.4. The van der Waals surface area contributed by atoms with E-state index in [-0.39, 0.29) is 5.69 Å². The van der Waals surface area contributed by atoms with Gasteiger partial charge >= 0.3 is 0 Å². The summed E-state index contributed by atoms with van der Waals surface area (Å²) in [6.45, 7) is 3.28. The molecule has 0 unspecified atom stereocenters. The number of fused-ring (bicyclic) bond motifs is 1. The number of ether oxygens (including phenoxy) is 1. The van der Waals surface area contributed by atoms with Gasteiger partial charge in [0.15, 0.2) is 5.82 Å². The summed E-state index contributed by atoms with van der Waals surface area (Å²) >= 11 is 0. The van der Waals surface area contributed by atoms with Crippen molar-refractivity contribution < 1.29 is 13.9 Å². The molecule has 0 fully saturated rings. The van der Waals surface area contributed by atoms with Gasteiger partial charge in [0, 0.05) is 30.2 Å². The van der Waals surface area contributed by atoms with Crippen LogP contribution >= 0.6 is 0 Å². The number of carbonyl (C=O) groups excluding carboxylic acids is 1. The molecule has 0 saturated carbocycles. The predicted octanol–water partition coefficient (Wildman–Crippen LogP) is 4.86. The van der Waals surface area contributed by atoms with Crippen LogP contribution in [0.4, 0.5) is 10.1 Å². The number of carbonyl (C=O) groups is 1. The summed E-state index contributed by atoms with van der Waals surface area (Å²) in [6, 6.07) is 12.0. The molecule has 0 radical (unpaired) electrons. The topological polar surface area (TPSA) is 69.0 Å². The fraction of sp³-hybridized carbons (Fsp3) is 0.292. The van der Waals surface area contributed by atoms with Gasteiger partial charge in [-0.25, -0.2) is 4.39 Å². The van der Waals surface area contributed by atoms with Crippen LogP contribution in [0.3, 0.4) is 0 Å². The molecule has 1 aliphatic rings. The van der Waals surface area contributed by atoms with Crippen molar-refractivity contribution in [2.24, 2.45) is 0 Å². The number of nitrogens with one attached hydrogen (secondary N) is 1. The van der Waals surface area contributed by atoms with Gasteiger partial charge in [-0.05, 0) is 50.1 Å². The zero-order valence-electron chi connectivity index (χ0n) is 17.5. The molecule has 1 aromatic heterocycles. The lowest BCUT2D eigenvalue weighted by Gasteiger charge is -2.10. The van der Waals surface area contributed by atoms with Crippen molar-refractivity contribution in [1.29, 1.82) is 0 Å². The van der Waals surface area contributed by atoms with Crippen LogP contribution in [0.2, 0.25) is 0 Å². The quantitative estimate of drug-likeness (QED) is 0.578. The molecule has 160 valence electrons. The first-order valence-corrected chi connectivity index (χ1v) is 10.6. The smallest absolute Gasteiger partial charge is 0.248 e. The molecule has 2 heterocycles. The van der Waals surface area contributed by atoms with E-state index in [2.05, 4.69) is 20.1 Å². The minimum Gasteiger partial charge on any atom is -0.493 e. The van der Waals surface area contributed by atoms with Crippen molar-refractivity contribution in [2.75, 3.05) is 11.9 Å². The Kier molecular flexibility index (Phi) is 6.40. The zero-order valence-corrected chi connectivity index (χ0v) is 17.5. The third-order valence-corrected chi connectivity index (χ3v) is 5.23. The predicted molar refractivity (Wildman–Crippen MR) is 118 cm³/mol. The van der Waals surface area contributed by atoms with E-state index in [0.29, 0.717) is 18.2 Å². The first-order chi connectivity index (χ1) is 15.2. The largest absolute Gasteiger partial charge is 0.493 e. The molecule has 31 heavy (non-hydrogen) atoms. The number of hydrogen-bond donors (Lipinski definition) is 1. The molecular formula is C24H25FN4O2. The van der Waals surface area contributed by atoms with Gasteiger partial charge in [-0.1, -0.05) is 24.6 Å². The second-order valence-corrected chi connectivity index (χ2v) is 7.39. The van der Waals surface area contributed by atoms with Crippen molar-refractivity contribution in [3.63, 3.8) is 0 Å². The maximum Gasteiger partial charge on any atom is 0.248 e. The van der Waals surface area contributed by atoms with Crippen molar-refractivity contribution in [3.05, 3.63) is 65.7 Å². The lowest BCUT2D eigenvalue weighted by atomic mass is 10.1. The summed E-state index contributed by atoms with van der Waals surface area (Å²) in [7, 11) is 0. The molecule has 3 aromatic rings. The van der Waals surface area contributed by atoms with E-state index in [1.165, 1.54) is 12.1 Å². The Labute approximate surface area is 180 Å². The number of anilines is 1. The number of aryl methyl sites for hydroxylation is 1. The molecule has 0 atom stereocenters. The minimum absolute atomic E-state index is 0.108. The van der Waals surface area contributed by atoms with Crippen molar-refractivity contribution >= 4 is 17.7 Å². The van der Waals surface area contributed by atoms with Crippen LogP contribution in [-0.4, -0.2) is 27.3 Å². The van der Waals surface area contributed by atoms with Gasteiger partial charge in [0.2, 0.25) is 5.91 Å². The first-order valence-electron chi connectivity index (χ1n) is 10.6. The number of hydrogen-bond acceptors (Lipinski definition) is 4. The average Bonchev–Trinajstić information content (AvgIpc) is 3.03. The molecule has 0 aliphatic carbocycles. The first kappa shape index (κ1) is 20.8. The Bertz CT molecular complexity index is 1110. The summed E-state index contributed by atoms with van der Waals surface area (Å²) < 4.78 is 22.1. The molecule has 1 aliphatic heterocycles. The van der Waals surface area contributed by atoms with Crippen LogP contribution in [0.15, 0.2) is 48.5 Å². The number of rotatable bonds is 6. The Hall–Kier alpha value is -3.48. The van der Waals surface area contributed by atoms with E-state index in [4.69, 9.17) is 4.74 Å². The van der Waals surface area contributed by atoms with Gasteiger partial charge in [0.25, 0.3) is 0 Å². The normalized spacial score (nSPS) is 13.6. The van der Waals surface area contributed by atoms with E-state index in [1.807, 2.05) is 31.2 Å². The third-order valence-electron chi connectivity index (χ3n) is 5.23. The maximum atomic E-state index is 14.4. The highest BCUT2D eigenvalue weighted by Crippen LogP contribution is 2.27. The molecule has 0 spiro atoms. The number of benzene rings is 2. The summed E-state index contributed by atoms with van der Waals surface area (Å²) in [6.07, 6.45) is 7.24. The van der Waals surface area contributed by atoms with Crippen molar-refractivity contribution in [3.8, 4) is 17.1 Å². The molecule has 4 rings (SSSR count). The Morgan fingerprint density at radius 1 is 1.19 bits per heavy atom. The molecule has 1 amide bonds. The third kappa shape index (κ3) is 4.82. The lowest BCUT2D eigenvalue weighted by Crippen LogP contribution is -2.10. The van der Waals surface area contributed by atoms with E-state index in [0.717, 1.165) is 49.2 Å². The highest BCUT2D eigenvalue weighted by atomic mass is 19.1. The number of para-hydroxylation sites is 1. The Morgan fingerprint density at radius 2 is 2.06 bits per heavy atom. The molecule has 1 N–H and O–H groups in total. The lowest BCUT2D eigenvalue weighted by molar-refractivity contribution is -0.111. The van der Waals surface area contributed by atoms with E-state index in [9.17, 15) is 9.18 Å². The summed E-state index contributed by atoms with van der Waals surface area (Å²) in [5.41, 5.74) is 1.61. The summed E-state index contributed by atoms with van der Waals surface area (Å²) in [5, 5.41) is 11.2. The van der Waals surface area contributed by atoms with Crippen LogP contribution in [0.1, 0.15) is 37.6 Å². The van der Waals surface area contributed by atoms with Crippen LogP contribution in [0.25, 0.3) is 17.5 Å². The molecule has 0 saturated heterocycles. The van der Waals surface area contributed by atoms with Gasteiger partial charge in [0.1, 0.15) is 17.4 Å². The average molecular weight is 420 g/mol. The number of aromatic nitrogens is 3. The monoisotopic (exact) mass is 420 g/mol. The minimum atomic E-state index is -0.504. The van der Waals surface area contributed by atoms with E-state index >= 15 is 0 Å². The van der Waals surface area contributed by atoms with Crippen molar-refractivity contribution in [2.45, 2.75) is 39.2 Å². The van der Waals surface area contributed by atoms with Crippen LogP contribution in [0.5, 0.6) is 5.75 Å².